The van der Waals surface area contributed by atoms with Crippen LogP contribution >= 0.6 is 0 Å². The number of amides is 1. The molecule has 0 saturated carbocycles. The number of fused-ring (bicyclic) bond motifs is 1. The van der Waals surface area contributed by atoms with Crippen molar-refractivity contribution in [3.05, 3.63) is 102 Å². The van der Waals surface area contributed by atoms with E-state index in [1.54, 1.807) is 12.0 Å². The zero-order valence-corrected chi connectivity index (χ0v) is 20.4. The van der Waals surface area contributed by atoms with Crippen molar-refractivity contribution in [1.82, 2.24) is 9.88 Å². The lowest BCUT2D eigenvalue weighted by atomic mass is 9.85. The van der Waals surface area contributed by atoms with Crippen molar-refractivity contribution < 1.29 is 14.3 Å². The molecular weight excluding hydrogens is 436 g/mol. The molecule has 0 fully saturated rings. The van der Waals surface area contributed by atoms with Crippen LogP contribution in [0.1, 0.15) is 30.7 Å². The second-order valence-corrected chi connectivity index (χ2v) is 9.21. The Morgan fingerprint density at radius 3 is 2.20 bits per heavy atom. The van der Waals surface area contributed by atoms with E-state index in [2.05, 4.69) is 24.9 Å². The summed E-state index contributed by atoms with van der Waals surface area (Å²) in [5.41, 5.74) is 4.96. The lowest BCUT2D eigenvalue weighted by Gasteiger charge is -2.31. The Balaban J connectivity index is 1.42. The predicted octanol–water partition coefficient (Wildman–Crippen LogP) is 5.98. The van der Waals surface area contributed by atoms with Gasteiger partial charge >= 0.3 is 0 Å². The molecule has 5 rings (SSSR count). The van der Waals surface area contributed by atoms with Crippen molar-refractivity contribution in [3.63, 3.8) is 0 Å². The summed E-state index contributed by atoms with van der Waals surface area (Å²) in [6.45, 7) is 4.52. The third kappa shape index (κ3) is 4.14. The van der Waals surface area contributed by atoms with Crippen LogP contribution in [-0.2, 0) is 11.4 Å². The minimum absolute atomic E-state index is 0.00912. The van der Waals surface area contributed by atoms with Crippen LogP contribution in [0, 0.1) is 0 Å². The first-order chi connectivity index (χ1) is 16.9. The average molecular weight is 465 g/mol. The molecule has 2 heterocycles. The van der Waals surface area contributed by atoms with Crippen molar-refractivity contribution in [3.8, 4) is 11.5 Å². The Hall–Kier alpha value is -4.12. The Morgan fingerprint density at radius 1 is 0.829 bits per heavy atom. The molecule has 1 aromatic heterocycles. The number of hydrogen-bond acceptors (Lipinski definition) is 4. The van der Waals surface area contributed by atoms with Gasteiger partial charge in [0.1, 0.15) is 18.1 Å². The SMILES string of the molecule is COc1ccc(C2=C(c3ccc(OCc4ccc5ccccc5n4)cc3)C(=O)N(C)C2(C)C)cc1. The number of likely N-dealkylation sites (N-methyl/N-ethyl adjacent to an activating group) is 1. The summed E-state index contributed by atoms with van der Waals surface area (Å²) in [5, 5.41) is 1.11. The van der Waals surface area contributed by atoms with Gasteiger partial charge in [-0.25, -0.2) is 4.98 Å². The highest BCUT2D eigenvalue weighted by molar-refractivity contribution is 6.31. The van der Waals surface area contributed by atoms with Gasteiger partial charge in [0.15, 0.2) is 0 Å². The predicted molar refractivity (Wildman–Crippen MR) is 139 cm³/mol. The summed E-state index contributed by atoms with van der Waals surface area (Å²) in [7, 11) is 3.50. The van der Waals surface area contributed by atoms with Crippen LogP contribution in [0.25, 0.3) is 22.0 Å². The van der Waals surface area contributed by atoms with Crippen molar-refractivity contribution in [2.75, 3.05) is 14.2 Å². The van der Waals surface area contributed by atoms with Gasteiger partial charge in [-0.15, -0.1) is 0 Å². The Labute approximate surface area is 205 Å². The molecular formula is C30H28N2O3. The van der Waals surface area contributed by atoms with Gasteiger partial charge in [-0.1, -0.05) is 48.5 Å². The lowest BCUT2D eigenvalue weighted by molar-refractivity contribution is -0.125. The molecule has 3 aromatic carbocycles. The van der Waals surface area contributed by atoms with Crippen molar-refractivity contribution in [2.45, 2.75) is 26.0 Å². The first-order valence-electron chi connectivity index (χ1n) is 11.6. The van der Waals surface area contributed by atoms with E-state index in [0.717, 1.165) is 44.8 Å². The largest absolute Gasteiger partial charge is 0.497 e. The van der Waals surface area contributed by atoms with Crippen LogP contribution in [0.2, 0.25) is 0 Å². The maximum Gasteiger partial charge on any atom is 0.255 e. The molecule has 35 heavy (non-hydrogen) atoms. The molecule has 0 bridgehead atoms. The second-order valence-electron chi connectivity index (χ2n) is 9.21. The van der Waals surface area contributed by atoms with E-state index >= 15 is 0 Å². The second kappa shape index (κ2) is 8.91. The number of carbonyl (C=O) groups is 1. The molecule has 0 radical (unpaired) electrons. The number of para-hydroxylation sites is 1. The molecule has 4 aromatic rings. The van der Waals surface area contributed by atoms with E-state index in [9.17, 15) is 4.79 Å². The van der Waals surface area contributed by atoms with Gasteiger partial charge in [0.2, 0.25) is 0 Å². The number of aromatic nitrogens is 1. The molecule has 0 N–H and O–H groups in total. The number of hydrogen-bond donors (Lipinski definition) is 0. The van der Waals surface area contributed by atoms with Crippen molar-refractivity contribution >= 4 is 28.0 Å². The molecule has 5 nitrogen and oxygen atoms in total. The van der Waals surface area contributed by atoms with Crippen molar-refractivity contribution in [1.29, 1.82) is 0 Å². The summed E-state index contributed by atoms with van der Waals surface area (Å²) in [6, 6.07) is 27.7. The van der Waals surface area contributed by atoms with Gasteiger partial charge in [-0.2, -0.15) is 0 Å². The van der Waals surface area contributed by atoms with E-state index < -0.39 is 5.54 Å². The highest BCUT2D eigenvalue weighted by Crippen LogP contribution is 2.45. The first kappa shape index (κ1) is 22.7. The quantitative estimate of drug-likeness (QED) is 0.352. The zero-order valence-electron chi connectivity index (χ0n) is 20.4. The zero-order chi connectivity index (χ0) is 24.6. The van der Waals surface area contributed by atoms with Gasteiger partial charge < -0.3 is 14.4 Å². The first-order valence-corrected chi connectivity index (χ1v) is 11.6. The van der Waals surface area contributed by atoms with Gasteiger partial charge in [-0.05, 0) is 66.9 Å². The number of nitrogens with zero attached hydrogens (tertiary/aromatic N) is 2. The van der Waals surface area contributed by atoms with Gasteiger partial charge in [0.25, 0.3) is 5.91 Å². The summed E-state index contributed by atoms with van der Waals surface area (Å²) < 4.78 is 11.3. The van der Waals surface area contributed by atoms with Gasteiger partial charge in [0.05, 0.1) is 29.4 Å². The number of rotatable bonds is 6. The summed E-state index contributed by atoms with van der Waals surface area (Å²) in [5.74, 6) is 1.53. The lowest BCUT2D eigenvalue weighted by Crippen LogP contribution is -2.39. The summed E-state index contributed by atoms with van der Waals surface area (Å²) in [6.07, 6.45) is 0. The van der Waals surface area contributed by atoms with Crippen LogP contribution in [-0.4, -0.2) is 35.5 Å². The smallest absolute Gasteiger partial charge is 0.255 e. The fraction of sp³-hybridized carbons (Fsp3) is 0.200. The molecule has 0 saturated heterocycles. The maximum absolute atomic E-state index is 13.3. The molecule has 0 atom stereocenters. The fourth-order valence-corrected chi connectivity index (χ4v) is 4.59. The van der Waals surface area contributed by atoms with E-state index in [1.807, 2.05) is 85.9 Å². The number of benzene rings is 3. The van der Waals surface area contributed by atoms with Crippen LogP contribution in [0.15, 0.2) is 84.9 Å². The third-order valence-corrected chi connectivity index (χ3v) is 6.78. The third-order valence-electron chi connectivity index (χ3n) is 6.78. The van der Waals surface area contributed by atoms with Crippen LogP contribution in [0.3, 0.4) is 0 Å². The minimum Gasteiger partial charge on any atom is -0.497 e. The molecule has 176 valence electrons. The fourth-order valence-electron chi connectivity index (χ4n) is 4.59. The minimum atomic E-state index is -0.446. The number of pyridine rings is 1. The van der Waals surface area contributed by atoms with E-state index in [1.165, 1.54) is 0 Å². The molecule has 0 spiro atoms. The average Bonchev–Trinajstić information content (AvgIpc) is 3.07. The maximum atomic E-state index is 13.3. The summed E-state index contributed by atoms with van der Waals surface area (Å²) in [4.78, 5) is 19.8. The molecule has 1 amide bonds. The number of methoxy groups -OCH3 is 1. The van der Waals surface area contributed by atoms with E-state index in [4.69, 9.17) is 9.47 Å². The van der Waals surface area contributed by atoms with E-state index in [-0.39, 0.29) is 5.91 Å². The Bertz CT molecular complexity index is 1420. The molecule has 5 heteroatoms. The summed E-state index contributed by atoms with van der Waals surface area (Å²) >= 11 is 0. The molecule has 0 aliphatic carbocycles. The number of carbonyl (C=O) groups excluding carboxylic acids is 1. The standard InChI is InChI=1S/C30H28N2O3/c1-30(2)28(22-12-15-24(34-4)16-13-22)27(29(33)32(30)3)21-10-17-25(18-11-21)35-19-23-14-9-20-7-5-6-8-26(20)31-23/h5-18H,19H2,1-4H3. The van der Waals surface area contributed by atoms with Crippen LogP contribution < -0.4 is 9.47 Å². The van der Waals surface area contributed by atoms with Crippen LogP contribution in [0.5, 0.6) is 11.5 Å². The van der Waals surface area contributed by atoms with E-state index in [0.29, 0.717) is 12.2 Å². The van der Waals surface area contributed by atoms with Gasteiger partial charge in [-0.3, -0.25) is 4.79 Å². The highest BCUT2D eigenvalue weighted by Gasteiger charge is 2.43. The Morgan fingerprint density at radius 2 is 1.49 bits per heavy atom. The van der Waals surface area contributed by atoms with Crippen LogP contribution in [0.4, 0.5) is 0 Å². The molecule has 1 aliphatic rings. The monoisotopic (exact) mass is 464 g/mol. The molecule has 1 aliphatic heterocycles. The number of ether oxygens (including phenoxy) is 2. The van der Waals surface area contributed by atoms with Crippen molar-refractivity contribution in [2.24, 2.45) is 0 Å². The Kier molecular flexibility index (Phi) is 5.77. The molecule has 0 unspecified atom stereocenters. The highest BCUT2D eigenvalue weighted by atomic mass is 16.5. The van der Waals surface area contributed by atoms with Gasteiger partial charge in [0, 0.05) is 12.4 Å². The topological polar surface area (TPSA) is 51.7 Å². The normalized spacial score (nSPS) is 15.1.